The third kappa shape index (κ3) is 2.81. The van der Waals surface area contributed by atoms with Gasteiger partial charge in [0, 0.05) is 21.7 Å². The molecule has 3 heteroatoms. The molecule has 0 heterocycles. The van der Waals surface area contributed by atoms with Crippen LogP contribution in [-0.2, 0) is 0 Å². The van der Waals surface area contributed by atoms with Crippen molar-refractivity contribution in [3.63, 3.8) is 0 Å². The lowest BCUT2D eigenvalue weighted by molar-refractivity contribution is 1.15. The Bertz CT molecular complexity index is 263. The Morgan fingerprint density at radius 1 is 1.50 bits per heavy atom. The van der Waals surface area contributed by atoms with Crippen LogP contribution in [0.1, 0.15) is 5.56 Å². The molecule has 1 aromatic carbocycles. The van der Waals surface area contributed by atoms with Gasteiger partial charge in [-0.05, 0) is 30.7 Å². The Balaban J connectivity index is 2.69. The molecule has 12 heavy (non-hydrogen) atoms. The fraction of sp³-hybridized carbons (Fsp3) is 0.333. The number of aryl methyl sites for hydroxylation is 1. The SMILES string of the molecule is Cc1cc(SCCN)ccc1Br. The third-order valence-corrected chi connectivity index (χ3v) is 3.43. The van der Waals surface area contributed by atoms with Gasteiger partial charge in [-0.3, -0.25) is 0 Å². The highest BCUT2D eigenvalue weighted by Gasteiger charge is 1.96. The summed E-state index contributed by atoms with van der Waals surface area (Å²) in [4.78, 5) is 1.29. The van der Waals surface area contributed by atoms with Crippen LogP contribution in [0.4, 0.5) is 0 Å². The molecule has 0 fully saturated rings. The van der Waals surface area contributed by atoms with Gasteiger partial charge in [0.15, 0.2) is 0 Å². The quantitative estimate of drug-likeness (QED) is 0.830. The lowest BCUT2D eigenvalue weighted by atomic mass is 10.2. The molecule has 0 spiro atoms. The van der Waals surface area contributed by atoms with Crippen LogP contribution in [0.15, 0.2) is 27.6 Å². The first kappa shape index (κ1) is 10.1. The zero-order chi connectivity index (χ0) is 8.97. The summed E-state index contributed by atoms with van der Waals surface area (Å²) in [6.07, 6.45) is 0. The van der Waals surface area contributed by atoms with E-state index in [2.05, 4.69) is 41.1 Å². The summed E-state index contributed by atoms with van der Waals surface area (Å²) in [5.74, 6) is 0.987. The maximum Gasteiger partial charge on any atom is 0.0205 e. The molecule has 0 aliphatic carbocycles. The van der Waals surface area contributed by atoms with E-state index in [9.17, 15) is 0 Å². The normalized spacial score (nSPS) is 10.2. The Kier molecular flexibility index (Phi) is 4.12. The first-order valence-corrected chi connectivity index (χ1v) is 5.61. The lowest BCUT2D eigenvalue weighted by Crippen LogP contribution is -2.00. The molecule has 0 aromatic heterocycles. The number of nitrogens with two attached hydrogens (primary N) is 1. The van der Waals surface area contributed by atoms with E-state index in [1.54, 1.807) is 11.8 Å². The van der Waals surface area contributed by atoms with Gasteiger partial charge in [-0.1, -0.05) is 15.9 Å². The van der Waals surface area contributed by atoms with E-state index in [-0.39, 0.29) is 0 Å². The van der Waals surface area contributed by atoms with Gasteiger partial charge in [0.25, 0.3) is 0 Å². The van der Waals surface area contributed by atoms with Crippen molar-refractivity contribution >= 4 is 27.7 Å². The maximum atomic E-state index is 5.41. The number of hydrogen-bond acceptors (Lipinski definition) is 2. The van der Waals surface area contributed by atoms with Crippen molar-refractivity contribution in [2.24, 2.45) is 5.73 Å². The topological polar surface area (TPSA) is 26.0 Å². The number of hydrogen-bond donors (Lipinski definition) is 1. The highest BCUT2D eigenvalue weighted by atomic mass is 79.9. The molecule has 0 bridgehead atoms. The average Bonchev–Trinajstić information content (AvgIpc) is 2.07. The fourth-order valence-corrected chi connectivity index (χ4v) is 1.91. The molecule has 0 saturated carbocycles. The van der Waals surface area contributed by atoms with Crippen LogP contribution >= 0.6 is 27.7 Å². The second-order valence-electron chi connectivity index (χ2n) is 2.55. The third-order valence-electron chi connectivity index (χ3n) is 1.52. The number of rotatable bonds is 3. The Hall–Kier alpha value is 0.01000. The summed E-state index contributed by atoms with van der Waals surface area (Å²) in [6, 6.07) is 6.36. The predicted molar refractivity (Wildman–Crippen MR) is 58.7 cm³/mol. The monoisotopic (exact) mass is 245 g/mol. The standard InChI is InChI=1S/C9H12BrNS/c1-7-6-8(12-5-4-11)2-3-9(7)10/h2-3,6H,4-5,11H2,1H3. The van der Waals surface area contributed by atoms with E-state index < -0.39 is 0 Å². The van der Waals surface area contributed by atoms with Crippen molar-refractivity contribution < 1.29 is 0 Å². The van der Waals surface area contributed by atoms with E-state index in [0.717, 1.165) is 12.3 Å². The number of halogens is 1. The molecule has 1 rings (SSSR count). The number of thioether (sulfide) groups is 1. The van der Waals surface area contributed by atoms with Crippen molar-refractivity contribution in [1.82, 2.24) is 0 Å². The van der Waals surface area contributed by atoms with Crippen molar-refractivity contribution in [3.8, 4) is 0 Å². The molecule has 0 unspecified atom stereocenters. The Morgan fingerprint density at radius 3 is 2.83 bits per heavy atom. The molecule has 66 valence electrons. The first-order valence-electron chi connectivity index (χ1n) is 3.83. The largest absolute Gasteiger partial charge is 0.330 e. The van der Waals surface area contributed by atoms with Crippen LogP contribution in [0.25, 0.3) is 0 Å². The molecule has 1 aromatic rings. The predicted octanol–water partition coefficient (Wildman–Crippen LogP) is 2.81. The van der Waals surface area contributed by atoms with Gasteiger partial charge in [-0.15, -0.1) is 11.8 Å². The van der Waals surface area contributed by atoms with Gasteiger partial charge >= 0.3 is 0 Å². The second kappa shape index (κ2) is 4.90. The van der Waals surface area contributed by atoms with Gasteiger partial charge in [-0.2, -0.15) is 0 Å². The molecule has 0 amide bonds. The van der Waals surface area contributed by atoms with Crippen LogP contribution in [-0.4, -0.2) is 12.3 Å². The maximum absolute atomic E-state index is 5.41. The van der Waals surface area contributed by atoms with E-state index in [1.165, 1.54) is 14.9 Å². The Morgan fingerprint density at radius 2 is 2.25 bits per heavy atom. The van der Waals surface area contributed by atoms with Gasteiger partial charge in [0.05, 0.1) is 0 Å². The zero-order valence-electron chi connectivity index (χ0n) is 7.01. The molecule has 0 radical (unpaired) electrons. The number of benzene rings is 1. The summed E-state index contributed by atoms with van der Waals surface area (Å²) in [7, 11) is 0. The molecule has 1 nitrogen and oxygen atoms in total. The fourth-order valence-electron chi connectivity index (χ4n) is 0.884. The molecular weight excluding hydrogens is 234 g/mol. The van der Waals surface area contributed by atoms with Crippen LogP contribution in [0.5, 0.6) is 0 Å². The molecule has 0 atom stereocenters. The van der Waals surface area contributed by atoms with Crippen LogP contribution in [0.2, 0.25) is 0 Å². The van der Waals surface area contributed by atoms with Crippen molar-refractivity contribution in [2.45, 2.75) is 11.8 Å². The van der Waals surface area contributed by atoms with Crippen LogP contribution in [0.3, 0.4) is 0 Å². The van der Waals surface area contributed by atoms with Crippen molar-refractivity contribution in [2.75, 3.05) is 12.3 Å². The molecule has 0 aliphatic heterocycles. The zero-order valence-corrected chi connectivity index (χ0v) is 9.41. The van der Waals surface area contributed by atoms with Crippen molar-refractivity contribution in [1.29, 1.82) is 0 Å². The first-order chi connectivity index (χ1) is 5.74. The molecule has 0 aliphatic rings. The summed E-state index contributed by atoms with van der Waals surface area (Å²) < 4.78 is 1.17. The van der Waals surface area contributed by atoms with Crippen LogP contribution in [0, 0.1) is 6.92 Å². The summed E-state index contributed by atoms with van der Waals surface area (Å²) >= 11 is 5.26. The van der Waals surface area contributed by atoms with E-state index >= 15 is 0 Å². The highest BCUT2D eigenvalue weighted by molar-refractivity contribution is 9.10. The molecule has 2 N–H and O–H groups in total. The minimum atomic E-state index is 0.736. The van der Waals surface area contributed by atoms with Gasteiger partial charge in [-0.25, -0.2) is 0 Å². The van der Waals surface area contributed by atoms with E-state index in [0.29, 0.717) is 0 Å². The van der Waals surface area contributed by atoms with Gasteiger partial charge < -0.3 is 5.73 Å². The summed E-state index contributed by atoms with van der Waals surface area (Å²) in [6.45, 7) is 2.83. The van der Waals surface area contributed by atoms with E-state index in [1.807, 2.05) is 0 Å². The Labute approximate surface area is 85.9 Å². The van der Waals surface area contributed by atoms with E-state index in [4.69, 9.17) is 5.73 Å². The van der Waals surface area contributed by atoms with Crippen molar-refractivity contribution in [3.05, 3.63) is 28.2 Å². The highest BCUT2D eigenvalue weighted by Crippen LogP contribution is 2.23. The summed E-state index contributed by atoms with van der Waals surface area (Å²) in [5, 5.41) is 0. The van der Waals surface area contributed by atoms with Gasteiger partial charge in [0.1, 0.15) is 0 Å². The average molecular weight is 246 g/mol. The molecule has 0 saturated heterocycles. The second-order valence-corrected chi connectivity index (χ2v) is 4.57. The van der Waals surface area contributed by atoms with Crippen LogP contribution < -0.4 is 5.73 Å². The summed E-state index contributed by atoms with van der Waals surface area (Å²) in [5.41, 5.74) is 6.69. The molecular formula is C9H12BrNS. The lowest BCUT2D eigenvalue weighted by Gasteiger charge is -2.02. The smallest absolute Gasteiger partial charge is 0.0205 e. The van der Waals surface area contributed by atoms with Gasteiger partial charge in [0.2, 0.25) is 0 Å². The minimum Gasteiger partial charge on any atom is -0.330 e. The minimum absolute atomic E-state index is 0.736.